The Morgan fingerprint density at radius 2 is 1.68 bits per heavy atom. The fourth-order valence-electron chi connectivity index (χ4n) is 1.74. The van der Waals surface area contributed by atoms with Crippen molar-refractivity contribution in [3.8, 4) is 0 Å². The number of carboxylic acid groups (broad SMARTS) is 1. The van der Waals surface area contributed by atoms with Crippen molar-refractivity contribution in [1.82, 2.24) is 10.6 Å². The van der Waals surface area contributed by atoms with Crippen LogP contribution in [0.25, 0.3) is 0 Å². The Balaban J connectivity index is 2.56. The molecule has 0 fully saturated rings. The van der Waals surface area contributed by atoms with E-state index >= 15 is 0 Å². The van der Waals surface area contributed by atoms with E-state index in [-0.39, 0.29) is 17.9 Å². The number of carbonyl (C=O) groups is 3. The molecule has 120 valence electrons. The molecule has 0 aliphatic heterocycles. The summed E-state index contributed by atoms with van der Waals surface area (Å²) in [5, 5.41) is 13.4. The predicted molar refractivity (Wildman–Crippen MR) is 82.7 cm³/mol. The highest BCUT2D eigenvalue weighted by atomic mass is 16.4. The molecule has 0 aliphatic rings. The average molecular weight is 306 g/mol. The molecule has 0 bridgehead atoms. The van der Waals surface area contributed by atoms with Crippen LogP contribution < -0.4 is 10.6 Å². The summed E-state index contributed by atoms with van der Waals surface area (Å²) in [5.74, 6) is -2.05. The summed E-state index contributed by atoms with van der Waals surface area (Å²) < 4.78 is 0. The summed E-state index contributed by atoms with van der Waals surface area (Å²) >= 11 is 0. The van der Waals surface area contributed by atoms with Gasteiger partial charge in [-0.15, -0.1) is 0 Å². The van der Waals surface area contributed by atoms with E-state index in [2.05, 4.69) is 31.4 Å². The van der Waals surface area contributed by atoms with Gasteiger partial charge in [-0.3, -0.25) is 14.4 Å². The highest BCUT2D eigenvalue weighted by Gasteiger charge is 2.16. The van der Waals surface area contributed by atoms with Crippen molar-refractivity contribution in [3.05, 3.63) is 35.4 Å². The van der Waals surface area contributed by atoms with E-state index in [1.54, 1.807) is 12.1 Å². The second-order valence-corrected chi connectivity index (χ2v) is 6.14. The Morgan fingerprint density at radius 3 is 2.14 bits per heavy atom. The number of benzene rings is 1. The van der Waals surface area contributed by atoms with Crippen LogP contribution >= 0.6 is 0 Å². The number of amides is 2. The molecule has 6 heteroatoms. The molecule has 0 saturated carbocycles. The number of hydrogen-bond acceptors (Lipinski definition) is 3. The van der Waals surface area contributed by atoms with Gasteiger partial charge in [0.15, 0.2) is 0 Å². The molecule has 0 aromatic heterocycles. The van der Waals surface area contributed by atoms with Crippen LogP contribution in [0.1, 0.15) is 43.6 Å². The van der Waals surface area contributed by atoms with Gasteiger partial charge in [0, 0.05) is 5.56 Å². The quantitative estimate of drug-likeness (QED) is 0.764. The molecule has 0 radical (unpaired) electrons. The lowest BCUT2D eigenvalue weighted by Gasteiger charge is -2.19. The van der Waals surface area contributed by atoms with Crippen molar-refractivity contribution < 1.29 is 19.5 Å². The van der Waals surface area contributed by atoms with Gasteiger partial charge in [0.05, 0.1) is 6.54 Å². The maximum absolute atomic E-state index is 11.9. The first-order valence-corrected chi connectivity index (χ1v) is 7.02. The second-order valence-electron chi connectivity index (χ2n) is 6.14. The fourth-order valence-corrected chi connectivity index (χ4v) is 1.74. The molecule has 6 nitrogen and oxygen atoms in total. The maximum Gasteiger partial charge on any atom is 0.325 e. The highest BCUT2D eigenvalue weighted by Crippen LogP contribution is 2.22. The number of rotatable bonds is 5. The third kappa shape index (κ3) is 5.20. The van der Waals surface area contributed by atoms with Crippen molar-refractivity contribution >= 4 is 17.8 Å². The van der Waals surface area contributed by atoms with Crippen LogP contribution in [0, 0.1) is 0 Å². The monoisotopic (exact) mass is 306 g/mol. The zero-order chi connectivity index (χ0) is 16.9. The molecule has 1 atom stereocenters. The van der Waals surface area contributed by atoms with Gasteiger partial charge in [0.25, 0.3) is 5.91 Å². The summed E-state index contributed by atoms with van der Waals surface area (Å²) in [6.07, 6.45) is 0. The number of hydrogen-bond donors (Lipinski definition) is 3. The standard InChI is InChI=1S/C16H22N2O4/c1-10(15(21)22)18-13(19)9-17-14(20)11-5-7-12(8-6-11)16(2,3)4/h5-8,10H,9H2,1-4H3,(H,17,20)(H,18,19)(H,21,22)/t10-/m0/s1. The zero-order valence-corrected chi connectivity index (χ0v) is 13.3. The van der Waals surface area contributed by atoms with Gasteiger partial charge in [-0.2, -0.15) is 0 Å². The third-order valence-electron chi connectivity index (χ3n) is 3.17. The van der Waals surface area contributed by atoms with Gasteiger partial charge >= 0.3 is 5.97 Å². The highest BCUT2D eigenvalue weighted by molar-refractivity contribution is 5.96. The van der Waals surface area contributed by atoms with Crippen molar-refractivity contribution in [2.45, 2.75) is 39.2 Å². The minimum Gasteiger partial charge on any atom is -0.480 e. The van der Waals surface area contributed by atoms with Gasteiger partial charge in [-0.1, -0.05) is 32.9 Å². The molecule has 1 aromatic carbocycles. The van der Waals surface area contributed by atoms with E-state index < -0.39 is 17.9 Å². The molecule has 0 aliphatic carbocycles. The van der Waals surface area contributed by atoms with Crippen molar-refractivity contribution in [2.24, 2.45) is 0 Å². The van der Waals surface area contributed by atoms with Crippen molar-refractivity contribution in [1.29, 1.82) is 0 Å². The molecule has 3 N–H and O–H groups in total. The number of carboxylic acids is 1. The Morgan fingerprint density at radius 1 is 1.14 bits per heavy atom. The Labute approximate surface area is 129 Å². The molecule has 1 aromatic rings. The van der Waals surface area contributed by atoms with Crippen LogP contribution in [0.15, 0.2) is 24.3 Å². The van der Waals surface area contributed by atoms with Crippen molar-refractivity contribution in [2.75, 3.05) is 6.54 Å². The lowest BCUT2D eigenvalue weighted by molar-refractivity contribution is -0.141. The van der Waals surface area contributed by atoms with Crippen LogP contribution in [0.5, 0.6) is 0 Å². The minimum absolute atomic E-state index is 0.00185. The normalized spacial score (nSPS) is 12.4. The maximum atomic E-state index is 11.9. The molecule has 2 amide bonds. The summed E-state index contributed by atoms with van der Waals surface area (Å²) in [6.45, 7) is 7.33. The molecule has 0 heterocycles. The summed E-state index contributed by atoms with van der Waals surface area (Å²) in [4.78, 5) is 34.0. The molecule has 0 saturated heterocycles. The molecular formula is C16H22N2O4. The fraction of sp³-hybridized carbons (Fsp3) is 0.438. The van der Waals surface area contributed by atoms with E-state index in [4.69, 9.17) is 5.11 Å². The van der Waals surface area contributed by atoms with E-state index in [1.165, 1.54) is 6.92 Å². The minimum atomic E-state index is -1.13. The third-order valence-corrected chi connectivity index (χ3v) is 3.17. The predicted octanol–water partition coefficient (Wildman–Crippen LogP) is 1.30. The van der Waals surface area contributed by atoms with Crippen LogP contribution in [-0.4, -0.2) is 35.5 Å². The first kappa shape index (κ1) is 17.7. The molecule has 0 spiro atoms. The lowest BCUT2D eigenvalue weighted by Crippen LogP contribution is -2.44. The van der Waals surface area contributed by atoms with Gasteiger partial charge < -0.3 is 15.7 Å². The molecule has 22 heavy (non-hydrogen) atoms. The Hall–Kier alpha value is -2.37. The smallest absolute Gasteiger partial charge is 0.325 e. The Bertz CT molecular complexity index is 559. The largest absolute Gasteiger partial charge is 0.480 e. The molecular weight excluding hydrogens is 284 g/mol. The van der Waals surface area contributed by atoms with E-state index in [0.717, 1.165) is 5.56 Å². The topological polar surface area (TPSA) is 95.5 Å². The summed E-state index contributed by atoms with van der Waals surface area (Å²) in [7, 11) is 0. The second kappa shape index (κ2) is 7.06. The van der Waals surface area contributed by atoms with E-state index in [9.17, 15) is 14.4 Å². The van der Waals surface area contributed by atoms with Crippen LogP contribution in [-0.2, 0) is 15.0 Å². The van der Waals surface area contributed by atoms with Gasteiger partial charge in [0.1, 0.15) is 6.04 Å². The summed E-state index contributed by atoms with van der Waals surface area (Å²) in [5.41, 5.74) is 1.56. The first-order valence-electron chi connectivity index (χ1n) is 7.02. The van der Waals surface area contributed by atoms with Crippen molar-refractivity contribution in [3.63, 3.8) is 0 Å². The van der Waals surface area contributed by atoms with Crippen LogP contribution in [0.4, 0.5) is 0 Å². The Kier molecular flexibility index (Phi) is 5.68. The molecule has 1 rings (SSSR count). The van der Waals surface area contributed by atoms with Gasteiger partial charge in [0.2, 0.25) is 5.91 Å². The zero-order valence-electron chi connectivity index (χ0n) is 13.3. The van der Waals surface area contributed by atoms with E-state index in [0.29, 0.717) is 5.56 Å². The number of carbonyl (C=O) groups excluding carboxylic acids is 2. The van der Waals surface area contributed by atoms with Gasteiger partial charge in [-0.25, -0.2) is 0 Å². The number of nitrogens with one attached hydrogen (secondary N) is 2. The molecule has 0 unspecified atom stereocenters. The van der Waals surface area contributed by atoms with Crippen LogP contribution in [0.2, 0.25) is 0 Å². The van der Waals surface area contributed by atoms with Gasteiger partial charge in [-0.05, 0) is 30.0 Å². The van der Waals surface area contributed by atoms with E-state index in [1.807, 2.05) is 12.1 Å². The lowest BCUT2D eigenvalue weighted by atomic mass is 9.87. The van der Waals surface area contributed by atoms with Crippen LogP contribution in [0.3, 0.4) is 0 Å². The average Bonchev–Trinajstić information content (AvgIpc) is 2.43. The number of aliphatic carboxylic acids is 1. The SMILES string of the molecule is C[C@H](NC(=O)CNC(=O)c1ccc(C(C)(C)C)cc1)C(=O)O. The first-order chi connectivity index (χ1) is 10.1. The summed E-state index contributed by atoms with van der Waals surface area (Å²) in [6, 6.07) is 6.17.